The Morgan fingerprint density at radius 3 is 2.05 bits per heavy atom. The molecule has 1 aliphatic heterocycles. The molecule has 0 spiro atoms. The van der Waals surface area contributed by atoms with Crippen LogP contribution in [0.4, 0.5) is 4.79 Å². The Hall–Kier alpha value is -2.45. The Kier molecular flexibility index (Phi) is 7.00. The lowest BCUT2D eigenvalue weighted by atomic mass is 10.3. The zero-order chi connectivity index (χ0) is 16.5. The van der Waals surface area contributed by atoms with Gasteiger partial charge < -0.3 is 0 Å². The lowest BCUT2D eigenvalue weighted by molar-refractivity contribution is -0.144. The largest absolute Gasteiger partial charge is 0.335 e. The van der Waals surface area contributed by atoms with E-state index in [1.807, 2.05) is 19.1 Å². The molecule has 1 saturated heterocycles. The van der Waals surface area contributed by atoms with Crippen molar-refractivity contribution in [2.75, 3.05) is 26.3 Å². The summed E-state index contributed by atoms with van der Waals surface area (Å²) in [5.41, 5.74) is 0. The number of amides is 4. The second-order valence-corrected chi connectivity index (χ2v) is 4.90. The normalized spacial score (nSPS) is 14.6. The third-order valence-electron chi connectivity index (χ3n) is 3.29. The van der Waals surface area contributed by atoms with E-state index in [0.717, 1.165) is 16.2 Å². The molecule has 1 heterocycles. The van der Waals surface area contributed by atoms with E-state index >= 15 is 0 Å². The van der Waals surface area contributed by atoms with E-state index in [1.54, 1.807) is 4.90 Å². The Bertz CT molecular complexity index is 502. The molecule has 0 N–H and O–H groups in total. The standard InChI is InChI=1S/C14H19N5O3/c1-2-3-10-18-12(20)13(21)19(14(18)22)11-17(8-4-6-15)9-5-7-16/h2-5,8-11H2,1H3. The van der Waals surface area contributed by atoms with Crippen molar-refractivity contribution in [3.8, 4) is 12.1 Å². The van der Waals surface area contributed by atoms with Gasteiger partial charge in [-0.1, -0.05) is 13.3 Å². The number of nitrogens with zero attached hydrogens (tertiary/aromatic N) is 5. The van der Waals surface area contributed by atoms with Gasteiger partial charge in [0.1, 0.15) is 0 Å². The molecular weight excluding hydrogens is 286 g/mol. The average molecular weight is 305 g/mol. The Labute approximate surface area is 129 Å². The molecule has 0 saturated carbocycles. The van der Waals surface area contributed by atoms with Gasteiger partial charge in [0.05, 0.1) is 18.8 Å². The predicted molar refractivity (Wildman–Crippen MR) is 75.8 cm³/mol. The van der Waals surface area contributed by atoms with E-state index < -0.39 is 17.8 Å². The third-order valence-corrected chi connectivity index (χ3v) is 3.29. The molecule has 8 heteroatoms. The van der Waals surface area contributed by atoms with Gasteiger partial charge in [0.2, 0.25) is 0 Å². The molecule has 22 heavy (non-hydrogen) atoms. The fraction of sp³-hybridized carbons (Fsp3) is 0.643. The van der Waals surface area contributed by atoms with Crippen molar-refractivity contribution >= 4 is 17.8 Å². The Morgan fingerprint density at radius 1 is 1.00 bits per heavy atom. The zero-order valence-corrected chi connectivity index (χ0v) is 12.6. The van der Waals surface area contributed by atoms with E-state index in [-0.39, 0.29) is 26.1 Å². The fourth-order valence-corrected chi connectivity index (χ4v) is 2.06. The molecule has 0 aromatic heterocycles. The summed E-state index contributed by atoms with van der Waals surface area (Å²) in [6.45, 7) is 2.75. The second-order valence-electron chi connectivity index (χ2n) is 4.90. The van der Waals surface area contributed by atoms with Crippen LogP contribution in [0.5, 0.6) is 0 Å². The van der Waals surface area contributed by atoms with Gasteiger partial charge in [0.15, 0.2) is 0 Å². The first-order valence-corrected chi connectivity index (χ1v) is 7.20. The number of hydrogen-bond acceptors (Lipinski definition) is 6. The van der Waals surface area contributed by atoms with Crippen LogP contribution in [0.25, 0.3) is 0 Å². The van der Waals surface area contributed by atoms with Crippen LogP contribution in [-0.2, 0) is 9.59 Å². The van der Waals surface area contributed by atoms with Gasteiger partial charge in [-0.15, -0.1) is 0 Å². The first-order chi connectivity index (χ1) is 10.6. The summed E-state index contributed by atoms with van der Waals surface area (Å²) in [7, 11) is 0. The van der Waals surface area contributed by atoms with Crippen LogP contribution in [0.3, 0.4) is 0 Å². The highest BCUT2D eigenvalue weighted by molar-refractivity contribution is 6.44. The lowest BCUT2D eigenvalue weighted by Gasteiger charge is -2.24. The highest BCUT2D eigenvalue weighted by Gasteiger charge is 2.44. The molecule has 0 bridgehead atoms. The molecule has 0 atom stereocenters. The summed E-state index contributed by atoms with van der Waals surface area (Å²) >= 11 is 0. The fourth-order valence-electron chi connectivity index (χ4n) is 2.06. The molecule has 1 aliphatic rings. The minimum Gasteiger partial charge on any atom is -0.283 e. The monoisotopic (exact) mass is 305 g/mol. The molecule has 1 rings (SSSR count). The number of unbranched alkanes of at least 4 members (excludes halogenated alkanes) is 1. The smallest absolute Gasteiger partial charge is 0.283 e. The number of carbonyl (C=O) groups is 3. The van der Waals surface area contributed by atoms with Gasteiger partial charge in [0.25, 0.3) is 0 Å². The third kappa shape index (κ3) is 4.27. The molecule has 0 aromatic carbocycles. The Balaban J connectivity index is 2.74. The van der Waals surface area contributed by atoms with Crippen LogP contribution in [0.15, 0.2) is 0 Å². The van der Waals surface area contributed by atoms with Crippen LogP contribution in [0.2, 0.25) is 0 Å². The summed E-state index contributed by atoms with van der Waals surface area (Å²) in [5.74, 6) is -1.65. The van der Waals surface area contributed by atoms with Gasteiger partial charge in [0, 0.05) is 32.5 Å². The number of carbonyl (C=O) groups excluding carboxylic acids is 3. The topological polar surface area (TPSA) is 109 Å². The first kappa shape index (κ1) is 17.6. The number of hydrogen-bond donors (Lipinski definition) is 0. The number of rotatable bonds is 9. The Morgan fingerprint density at radius 2 is 1.55 bits per heavy atom. The molecule has 4 amide bonds. The molecular formula is C14H19N5O3. The molecule has 0 aliphatic carbocycles. The summed E-state index contributed by atoms with van der Waals surface area (Å²) in [4.78, 5) is 39.4. The summed E-state index contributed by atoms with van der Waals surface area (Å²) in [5, 5.41) is 17.3. The van der Waals surface area contributed by atoms with Crippen LogP contribution in [0, 0.1) is 22.7 Å². The second kappa shape index (κ2) is 8.75. The van der Waals surface area contributed by atoms with Crippen molar-refractivity contribution in [1.82, 2.24) is 14.7 Å². The van der Waals surface area contributed by atoms with E-state index in [0.29, 0.717) is 19.5 Å². The summed E-state index contributed by atoms with van der Waals surface area (Å²) < 4.78 is 0. The van der Waals surface area contributed by atoms with Crippen LogP contribution >= 0.6 is 0 Å². The zero-order valence-electron chi connectivity index (χ0n) is 12.6. The minimum atomic E-state index is -0.847. The summed E-state index contributed by atoms with van der Waals surface area (Å²) in [6, 6.07) is 3.33. The van der Waals surface area contributed by atoms with Crippen molar-refractivity contribution in [3.05, 3.63) is 0 Å². The maximum atomic E-state index is 12.2. The van der Waals surface area contributed by atoms with Crippen LogP contribution in [0.1, 0.15) is 32.6 Å². The van der Waals surface area contributed by atoms with Crippen molar-refractivity contribution in [3.63, 3.8) is 0 Å². The molecule has 0 aromatic rings. The van der Waals surface area contributed by atoms with E-state index in [1.165, 1.54) is 0 Å². The van der Waals surface area contributed by atoms with Crippen LogP contribution in [-0.4, -0.2) is 58.8 Å². The van der Waals surface area contributed by atoms with Gasteiger partial charge >= 0.3 is 17.8 Å². The van der Waals surface area contributed by atoms with Gasteiger partial charge in [-0.25, -0.2) is 9.69 Å². The van der Waals surface area contributed by atoms with E-state index in [9.17, 15) is 14.4 Å². The van der Waals surface area contributed by atoms with Crippen LogP contribution < -0.4 is 0 Å². The first-order valence-electron chi connectivity index (χ1n) is 7.20. The van der Waals surface area contributed by atoms with Crippen molar-refractivity contribution in [1.29, 1.82) is 10.5 Å². The van der Waals surface area contributed by atoms with Crippen molar-refractivity contribution in [2.24, 2.45) is 0 Å². The van der Waals surface area contributed by atoms with Gasteiger partial charge in [-0.05, 0) is 6.42 Å². The quantitative estimate of drug-likeness (QED) is 0.457. The van der Waals surface area contributed by atoms with E-state index in [2.05, 4.69) is 0 Å². The SMILES string of the molecule is CCCCN1C(=O)C(=O)N(CN(CCC#N)CCC#N)C1=O. The predicted octanol–water partition coefficient (Wildman–Crippen LogP) is 0.664. The molecule has 0 radical (unpaired) electrons. The molecule has 118 valence electrons. The lowest BCUT2D eigenvalue weighted by Crippen LogP contribution is -2.43. The van der Waals surface area contributed by atoms with Gasteiger partial charge in [-0.3, -0.25) is 19.4 Å². The minimum absolute atomic E-state index is 0.0740. The maximum absolute atomic E-state index is 12.2. The average Bonchev–Trinajstić information content (AvgIpc) is 2.71. The van der Waals surface area contributed by atoms with Gasteiger partial charge in [-0.2, -0.15) is 10.5 Å². The highest BCUT2D eigenvalue weighted by Crippen LogP contribution is 2.14. The molecule has 0 unspecified atom stereocenters. The number of imide groups is 2. The van der Waals surface area contributed by atoms with Crippen molar-refractivity contribution < 1.29 is 14.4 Å². The number of nitriles is 2. The molecule has 8 nitrogen and oxygen atoms in total. The van der Waals surface area contributed by atoms with E-state index in [4.69, 9.17) is 10.5 Å². The summed E-state index contributed by atoms with van der Waals surface area (Å²) in [6.07, 6.45) is 1.89. The van der Waals surface area contributed by atoms with Crippen molar-refractivity contribution in [2.45, 2.75) is 32.6 Å². The number of urea groups is 1. The maximum Gasteiger partial charge on any atom is 0.335 e. The highest BCUT2D eigenvalue weighted by atomic mass is 16.2. The molecule has 1 fully saturated rings.